The molecule has 2 nitrogen and oxygen atoms in total. The number of aryl methyl sites for hydroxylation is 1. The van der Waals surface area contributed by atoms with Crippen LogP contribution in [-0.4, -0.2) is 4.98 Å². The molecule has 1 aromatic carbocycles. The van der Waals surface area contributed by atoms with Gasteiger partial charge >= 0.3 is 0 Å². The monoisotopic (exact) mass is 286 g/mol. The summed E-state index contributed by atoms with van der Waals surface area (Å²) in [6, 6.07) is 8.13. The quantitative estimate of drug-likeness (QED) is 0.769. The number of benzene rings is 1. The Morgan fingerprint density at radius 3 is 2.70 bits per heavy atom. The van der Waals surface area contributed by atoms with Gasteiger partial charge in [0.25, 0.3) is 0 Å². The van der Waals surface area contributed by atoms with E-state index >= 15 is 0 Å². The second-order valence-electron chi connectivity index (χ2n) is 4.46. The van der Waals surface area contributed by atoms with Crippen LogP contribution in [0.5, 0.6) is 0 Å². The highest BCUT2D eigenvalue weighted by molar-refractivity contribution is 6.33. The highest BCUT2D eigenvalue weighted by Crippen LogP contribution is 2.36. The van der Waals surface area contributed by atoms with E-state index in [9.17, 15) is 0 Å². The molecule has 0 spiro atoms. The minimum Gasteiger partial charge on any atom is -0.358 e. The van der Waals surface area contributed by atoms with Crippen LogP contribution in [0, 0.1) is 0 Å². The summed E-state index contributed by atoms with van der Waals surface area (Å²) in [4.78, 5) is 4.14. The van der Waals surface area contributed by atoms with Gasteiger partial charge in [0.1, 0.15) is 0 Å². The van der Waals surface area contributed by atoms with E-state index in [2.05, 4.69) is 22.9 Å². The lowest BCUT2D eigenvalue weighted by Gasteiger charge is -2.22. The zero-order valence-electron chi connectivity index (χ0n) is 11.9. The first kappa shape index (κ1) is 14.6. The van der Waals surface area contributed by atoms with Gasteiger partial charge in [0.15, 0.2) is 0 Å². The van der Waals surface area contributed by atoms with Crippen LogP contribution < -0.4 is 5.32 Å². The van der Waals surface area contributed by atoms with Gasteiger partial charge in [-0.05, 0) is 42.2 Å². The van der Waals surface area contributed by atoms with Gasteiger partial charge in [-0.25, -0.2) is 0 Å². The standard InChI is InChI=1S/C15H13ClN2.C2H6/c1-10-4-5-11-7-13(8-14(16)15(11)18-10)12-3-2-6-17-9-12;1-2/h2-3,6-9,18H,1,4-5H2;1-2H3. The smallest absolute Gasteiger partial charge is 0.0649 e. The zero-order valence-corrected chi connectivity index (χ0v) is 12.7. The summed E-state index contributed by atoms with van der Waals surface area (Å²) in [5, 5.41) is 4.01. The zero-order chi connectivity index (χ0) is 14.5. The van der Waals surface area contributed by atoms with Crippen molar-refractivity contribution in [2.75, 3.05) is 5.32 Å². The largest absolute Gasteiger partial charge is 0.358 e. The van der Waals surface area contributed by atoms with Gasteiger partial charge in [0, 0.05) is 23.7 Å². The first-order chi connectivity index (χ1) is 9.74. The third-order valence-electron chi connectivity index (χ3n) is 3.16. The lowest BCUT2D eigenvalue weighted by Crippen LogP contribution is -2.09. The molecule has 0 fully saturated rings. The molecule has 1 N–H and O–H groups in total. The van der Waals surface area contributed by atoms with Gasteiger partial charge in [-0.1, -0.05) is 38.1 Å². The minimum absolute atomic E-state index is 0.743. The molecule has 0 saturated carbocycles. The maximum Gasteiger partial charge on any atom is 0.0649 e. The molecule has 20 heavy (non-hydrogen) atoms. The van der Waals surface area contributed by atoms with E-state index in [1.165, 1.54) is 5.56 Å². The summed E-state index contributed by atoms with van der Waals surface area (Å²) in [7, 11) is 0. The summed E-state index contributed by atoms with van der Waals surface area (Å²) in [5.74, 6) is 0. The molecular formula is C17H19ClN2. The van der Waals surface area contributed by atoms with Crippen LogP contribution in [0.25, 0.3) is 11.1 Å². The normalized spacial score (nSPS) is 12.8. The van der Waals surface area contributed by atoms with E-state index in [0.717, 1.165) is 40.4 Å². The van der Waals surface area contributed by atoms with E-state index in [1.54, 1.807) is 6.20 Å². The molecule has 3 heteroatoms. The molecule has 1 aliphatic rings. The van der Waals surface area contributed by atoms with Crippen molar-refractivity contribution in [2.24, 2.45) is 0 Å². The highest BCUT2D eigenvalue weighted by Gasteiger charge is 2.15. The molecule has 1 aromatic heterocycles. The molecule has 104 valence electrons. The van der Waals surface area contributed by atoms with Crippen LogP contribution in [0.3, 0.4) is 0 Å². The van der Waals surface area contributed by atoms with Crippen molar-refractivity contribution in [1.29, 1.82) is 0 Å². The van der Waals surface area contributed by atoms with Crippen molar-refractivity contribution in [2.45, 2.75) is 26.7 Å². The summed E-state index contributed by atoms with van der Waals surface area (Å²) < 4.78 is 0. The maximum atomic E-state index is 6.34. The Morgan fingerprint density at radius 1 is 1.20 bits per heavy atom. The van der Waals surface area contributed by atoms with Gasteiger partial charge in [-0.3, -0.25) is 4.98 Å². The second-order valence-corrected chi connectivity index (χ2v) is 4.87. The Balaban J connectivity index is 0.000000704. The third kappa shape index (κ3) is 3.02. The average Bonchev–Trinajstić information content (AvgIpc) is 2.51. The minimum atomic E-state index is 0.743. The molecular weight excluding hydrogens is 268 g/mol. The van der Waals surface area contributed by atoms with E-state index in [-0.39, 0.29) is 0 Å². The second kappa shape index (κ2) is 6.58. The molecule has 0 radical (unpaired) electrons. The lowest BCUT2D eigenvalue weighted by molar-refractivity contribution is 0.919. The predicted octanol–water partition coefficient (Wildman–Crippen LogP) is 5.30. The third-order valence-corrected chi connectivity index (χ3v) is 3.46. The molecule has 2 aromatic rings. The molecule has 0 unspecified atom stereocenters. The van der Waals surface area contributed by atoms with Crippen LogP contribution in [-0.2, 0) is 6.42 Å². The van der Waals surface area contributed by atoms with E-state index in [1.807, 2.05) is 38.2 Å². The number of rotatable bonds is 1. The lowest BCUT2D eigenvalue weighted by atomic mass is 9.97. The summed E-state index contributed by atoms with van der Waals surface area (Å²) in [6.45, 7) is 7.95. The number of fused-ring (bicyclic) bond motifs is 1. The first-order valence-electron chi connectivity index (χ1n) is 6.91. The fourth-order valence-electron chi connectivity index (χ4n) is 2.23. The Morgan fingerprint density at radius 2 is 2.00 bits per heavy atom. The van der Waals surface area contributed by atoms with Crippen LogP contribution in [0.15, 0.2) is 48.9 Å². The first-order valence-corrected chi connectivity index (χ1v) is 7.29. The molecule has 2 heterocycles. The summed E-state index contributed by atoms with van der Waals surface area (Å²) in [6.07, 6.45) is 5.57. The predicted molar refractivity (Wildman–Crippen MR) is 87.1 cm³/mol. The molecule has 0 saturated heterocycles. The van der Waals surface area contributed by atoms with Crippen molar-refractivity contribution < 1.29 is 0 Å². The van der Waals surface area contributed by atoms with Crippen molar-refractivity contribution >= 4 is 17.3 Å². The molecule has 3 rings (SSSR count). The topological polar surface area (TPSA) is 24.9 Å². The number of hydrogen-bond acceptors (Lipinski definition) is 2. The molecule has 0 amide bonds. The number of anilines is 1. The highest BCUT2D eigenvalue weighted by atomic mass is 35.5. The van der Waals surface area contributed by atoms with Gasteiger partial charge in [-0.2, -0.15) is 0 Å². The number of pyridine rings is 1. The molecule has 0 bridgehead atoms. The molecule has 1 aliphatic heterocycles. The van der Waals surface area contributed by atoms with Crippen molar-refractivity contribution in [1.82, 2.24) is 4.98 Å². The Labute approximate surface area is 125 Å². The van der Waals surface area contributed by atoms with Crippen LogP contribution >= 0.6 is 11.6 Å². The van der Waals surface area contributed by atoms with Crippen molar-refractivity contribution in [3.63, 3.8) is 0 Å². The summed E-state index contributed by atoms with van der Waals surface area (Å²) in [5.41, 5.74) is 5.47. The van der Waals surface area contributed by atoms with Crippen LogP contribution in [0.1, 0.15) is 25.8 Å². The van der Waals surface area contributed by atoms with Crippen molar-refractivity contribution in [3.8, 4) is 11.1 Å². The fraction of sp³-hybridized carbons (Fsp3) is 0.235. The van der Waals surface area contributed by atoms with Gasteiger partial charge in [0.2, 0.25) is 0 Å². The fourth-order valence-corrected chi connectivity index (χ4v) is 2.51. The maximum absolute atomic E-state index is 6.34. The Kier molecular flexibility index (Phi) is 4.80. The Bertz CT molecular complexity index is 606. The molecule has 0 aliphatic carbocycles. The van der Waals surface area contributed by atoms with Gasteiger partial charge in [-0.15, -0.1) is 0 Å². The number of aromatic nitrogens is 1. The van der Waals surface area contributed by atoms with Crippen molar-refractivity contribution in [3.05, 3.63) is 59.5 Å². The van der Waals surface area contributed by atoms with Gasteiger partial charge < -0.3 is 5.32 Å². The number of allylic oxidation sites excluding steroid dienone is 1. The number of halogens is 1. The Hall–Kier alpha value is -1.80. The van der Waals surface area contributed by atoms with E-state index in [4.69, 9.17) is 11.6 Å². The van der Waals surface area contributed by atoms with E-state index in [0.29, 0.717) is 0 Å². The van der Waals surface area contributed by atoms with Crippen LogP contribution in [0.4, 0.5) is 5.69 Å². The summed E-state index contributed by atoms with van der Waals surface area (Å²) >= 11 is 6.34. The van der Waals surface area contributed by atoms with Gasteiger partial charge in [0.05, 0.1) is 10.7 Å². The van der Waals surface area contributed by atoms with E-state index < -0.39 is 0 Å². The number of hydrogen-bond donors (Lipinski definition) is 1. The van der Waals surface area contributed by atoms with Crippen LogP contribution in [0.2, 0.25) is 5.02 Å². The number of nitrogens with one attached hydrogen (secondary N) is 1. The number of nitrogens with zero attached hydrogens (tertiary/aromatic N) is 1. The molecule has 0 atom stereocenters. The average molecular weight is 287 g/mol. The SMILES string of the molecule is C=C1CCc2cc(-c3cccnc3)cc(Cl)c2N1.CC.